The highest BCUT2D eigenvalue weighted by molar-refractivity contribution is 7.99. The summed E-state index contributed by atoms with van der Waals surface area (Å²) in [6, 6.07) is 0. The molecule has 0 nitrogen and oxygen atoms in total. The summed E-state index contributed by atoms with van der Waals surface area (Å²) in [5.74, 6) is 2.22. The van der Waals surface area contributed by atoms with E-state index in [2.05, 4.69) is 13.5 Å². The Labute approximate surface area is 50.0 Å². The molecule has 0 aromatic heterocycles. The van der Waals surface area contributed by atoms with Crippen LogP contribution in [-0.4, -0.2) is 11.5 Å². The lowest BCUT2D eigenvalue weighted by molar-refractivity contribution is 1.25. The second-order valence-electron chi connectivity index (χ2n) is 1.22. The van der Waals surface area contributed by atoms with Crippen molar-refractivity contribution in [3.05, 3.63) is 19.6 Å². The fraction of sp³-hybridized carbons (Fsp3) is 0.500. The van der Waals surface area contributed by atoms with Gasteiger partial charge < -0.3 is 0 Å². The van der Waals surface area contributed by atoms with Crippen LogP contribution >= 0.6 is 11.8 Å². The van der Waals surface area contributed by atoms with E-state index in [1.54, 1.807) is 0 Å². The van der Waals surface area contributed by atoms with E-state index in [4.69, 9.17) is 0 Å². The lowest BCUT2D eigenvalue weighted by Crippen LogP contribution is -1.73. The lowest BCUT2D eigenvalue weighted by atomic mass is 10.6. The quantitative estimate of drug-likeness (QED) is 0.399. The van der Waals surface area contributed by atoms with Gasteiger partial charge in [0, 0.05) is 5.75 Å². The molecule has 0 aliphatic heterocycles. The Bertz CT molecular complexity index is 41.4. The molecular weight excluding hydrogens is 104 g/mol. The van der Waals surface area contributed by atoms with Gasteiger partial charge in [-0.3, -0.25) is 0 Å². The Morgan fingerprint density at radius 1 is 1.57 bits per heavy atom. The van der Waals surface area contributed by atoms with Gasteiger partial charge in [-0.2, -0.15) is 11.8 Å². The summed E-state index contributed by atoms with van der Waals surface area (Å²) in [6.07, 6.45) is 2.94. The minimum Gasteiger partial charge on any atom is -0.158 e. The summed E-state index contributed by atoms with van der Waals surface area (Å²) < 4.78 is 0. The zero-order valence-electron chi connectivity index (χ0n) is 4.52. The average molecular weight is 115 g/mol. The van der Waals surface area contributed by atoms with Crippen LogP contribution in [0.4, 0.5) is 0 Å². The Balaban J connectivity index is 2.56. The first kappa shape index (κ1) is 7.09. The standard InChI is InChI=1S/C6H11S/c1-3-5-7-6-4-2/h3H,1-2,4-6H2. The monoisotopic (exact) mass is 115 g/mol. The highest BCUT2D eigenvalue weighted by Gasteiger charge is 1.77. The van der Waals surface area contributed by atoms with Gasteiger partial charge in [0.15, 0.2) is 0 Å². The van der Waals surface area contributed by atoms with Gasteiger partial charge in [-0.05, 0) is 12.2 Å². The summed E-state index contributed by atoms with van der Waals surface area (Å²) in [4.78, 5) is 0. The van der Waals surface area contributed by atoms with Crippen LogP contribution in [0.15, 0.2) is 12.7 Å². The molecule has 0 aromatic rings. The predicted octanol–water partition coefficient (Wildman–Crippen LogP) is 2.13. The molecule has 0 spiro atoms. The van der Waals surface area contributed by atoms with Crippen LogP contribution in [-0.2, 0) is 0 Å². The molecule has 0 heterocycles. The Kier molecular flexibility index (Phi) is 6.17. The minimum atomic E-state index is 1.03. The summed E-state index contributed by atoms with van der Waals surface area (Å²) in [6.45, 7) is 7.29. The van der Waals surface area contributed by atoms with Crippen molar-refractivity contribution in [1.82, 2.24) is 0 Å². The topological polar surface area (TPSA) is 0 Å². The molecule has 0 saturated carbocycles. The van der Waals surface area contributed by atoms with Crippen LogP contribution in [0, 0.1) is 6.92 Å². The zero-order chi connectivity index (χ0) is 5.54. The molecule has 0 amide bonds. The van der Waals surface area contributed by atoms with Crippen molar-refractivity contribution in [2.24, 2.45) is 0 Å². The van der Waals surface area contributed by atoms with Crippen LogP contribution in [0.3, 0.4) is 0 Å². The van der Waals surface area contributed by atoms with E-state index in [1.165, 1.54) is 0 Å². The third kappa shape index (κ3) is 6.09. The Hall–Kier alpha value is 0.0900. The second-order valence-corrected chi connectivity index (χ2v) is 2.37. The zero-order valence-corrected chi connectivity index (χ0v) is 5.34. The maximum absolute atomic E-state index is 3.70. The van der Waals surface area contributed by atoms with Crippen molar-refractivity contribution in [3.8, 4) is 0 Å². The maximum atomic E-state index is 3.70. The van der Waals surface area contributed by atoms with Gasteiger partial charge in [-0.1, -0.05) is 13.0 Å². The molecule has 0 rings (SSSR count). The van der Waals surface area contributed by atoms with E-state index in [0.717, 1.165) is 17.9 Å². The van der Waals surface area contributed by atoms with Gasteiger partial charge in [-0.15, -0.1) is 6.58 Å². The Morgan fingerprint density at radius 2 is 2.29 bits per heavy atom. The van der Waals surface area contributed by atoms with Gasteiger partial charge in [0.1, 0.15) is 0 Å². The summed E-state index contributed by atoms with van der Waals surface area (Å²) in [7, 11) is 0. The third-order valence-corrected chi connectivity index (χ3v) is 1.57. The molecule has 41 valence electrons. The molecule has 0 fully saturated rings. The minimum absolute atomic E-state index is 1.03. The Morgan fingerprint density at radius 3 is 2.71 bits per heavy atom. The number of thioether (sulfide) groups is 1. The molecule has 0 unspecified atom stereocenters. The van der Waals surface area contributed by atoms with Crippen LogP contribution < -0.4 is 0 Å². The van der Waals surface area contributed by atoms with Crippen molar-refractivity contribution >= 4 is 11.8 Å². The molecule has 0 aliphatic rings. The molecule has 0 atom stereocenters. The van der Waals surface area contributed by atoms with Crippen molar-refractivity contribution in [2.75, 3.05) is 11.5 Å². The molecule has 0 aromatic carbocycles. The van der Waals surface area contributed by atoms with Gasteiger partial charge in [0.2, 0.25) is 0 Å². The fourth-order valence-corrected chi connectivity index (χ4v) is 0.806. The predicted molar refractivity (Wildman–Crippen MR) is 37.5 cm³/mol. The molecule has 0 bridgehead atoms. The number of rotatable bonds is 4. The number of hydrogen-bond donors (Lipinski definition) is 0. The first-order valence-corrected chi connectivity index (χ1v) is 3.55. The SMILES string of the molecule is [CH2]CCSCC=C. The van der Waals surface area contributed by atoms with Gasteiger partial charge in [-0.25, -0.2) is 0 Å². The maximum Gasteiger partial charge on any atom is 0.0110 e. The van der Waals surface area contributed by atoms with E-state index in [1.807, 2.05) is 17.8 Å². The smallest absolute Gasteiger partial charge is 0.0110 e. The summed E-state index contributed by atoms with van der Waals surface area (Å²) in [5, 5.41) is 0. The highest BCUT2D eigenvalue weighted by atomic mass is 32.2. The van der Waals surface area contributed by atoms with E-state index in [-0.39, 0.29) is 0 Å². The van der Waals surface area contributed by atoms with Gasteiger partial charge in [0.05, 0.1) is 0 Å². The van der Waals surface area contributed by atoms with Gasteiger partial charge in [0.25, 0.3) is 0 Å². The molecule has 1 radical (unpaired) electrons. The second kappa shape index (κ2) is 6.09. The lowest BCUT2D eigenvalue weighted by Gasteiger charge is -1.88. The molecular formula is C6H11S. The van der Waals surface area contributed by atoms with Gasteiger partial charge >= 0.3 is 0 Å². The first-order valence-electron chi connectivity index (χ1n) is 2.39. The van der Waals surface area contributed by atoms with E-state index in [0.29, 0.717) is 0 Å². The molecule has 1 heteroatoms. The summed E-state index contributed by atoms with van der Waals surface area (Å²) in [5.41, 5.74) is 0. The molecule has 0 aliphatic carbocycles. The van der Waals surface area contributed by atoms with Crippen molar-refractivity contribution < 1.29 is 0 Å². The normalized spacial score (nSPS) is 8.71. The van der Waals surface area contributed by atoms with Crippen molar-refractivity contribution in [2.45, 2.75) is 6.42 Å². The fourth-order valence-electron chi connectivity index (χ4n) is 0.269. The average Bonchev–Trinajstić information content (AvgIpc) is 1.69. The van der Waals surface area contributed by atoms with Crippen LogP contribution in [0.1, 0.15) is 6.42 Å². The van der Waals surface area contributed by atoms with Crippen molar-refractivity contribution in [3.63, 3.8) is 0 Å². The van der Waals surface area contributed by atoms with Crippen LogP contribution in [0.5, 0.6) is 0 Å². The molecule has 0 N–H and O–H groups in total. The molecule has 0 saturated heterocycles. The first-order chi connectivity index (χ1) is 3.41. The van der Waals surface area contributed by atoms with E-state index >= 15 is 0 Å². The highest BCUT2D eigenvalue weighted by Crippen LogP contribution is 1.99. The largest absolute Gasteiger partial charge is 0.158 e. The number of hydrogen-bond acceptors (Lipinski definition) is 1. The van der Waals surface area contributed by atoms with Crippen LogP contribution in [0.25, 0.3) is 0 Å². The van der Waals surface area contributed by atoms with Crippen LogP contribution in [0.2, 0.25) is 0 Å². The molecule has 7 heavy (non-hydrogen) atoms. The summed E-state index contributed by atoms with van der Waals surface area (Å²) >= 11 is 1.87. The van der Waals surface area contributed by atoms with E-state index < -0.39 is 0 Å². The van der Waals surface area contributed by atoms with E-state index in [9.17, 15) is 0 Å². The van der Waals surface area contributed by atoms with Crippen molar-refractivity contribution in [1.29, 1.82) is 0 Å². The third-order valence-electron chi connectivity index (χ3n) is 0.524.